The predicted octanol–water partition coefficient (Wildman–Crippen LogP) is -2.53. The molecule has 0 aliphatic carbocycles. The van der Waals surface area contributed by atoms with Gasteiger partial charge in [0, 0.05) is 5.56 Å². The third-order valence-electron chi connectivity index (χ3n) is 4.58. The first-order valence-electron chi connectivity index (χ1n) is 8.93. The molecule has 22 heteroatoms. The number of amides is 2. The van der Waals surface area contributed by atoms with Crippen molar-refractivity contribution in [3.63, 3.8) is 0 Å². The van der Waals surface area contributed by atoms with Gasteiger partial charge in [0.05, 0.1) is 24.8 Å². The van der Waals surface area contributed by atoms with Gasteiger partial charge in [-0.05, 0) is 0 Å². The summed E-state index contributed by atoms with van der Waals surface area (Å²) in [6.07, 6.45) is -5.49. The Kier molecular flexibility index (Phi) is 7.46. The smallest absolute Gasteiger partial charge is 0.387 e. The van der Waals surface area contributed by atoms with Crippen molar-refractivity contribution in [2.45, 2.75) is 30.3 Å². The average Bonchev–Trinajstić information content (AvgIpc) is 2.94. The molecule has 35 heavy (non-hydrogen) atoms. The lowest BCUT2D eigenvalue weighted by Crippen LogP contribution is -2.44. The number of nitriles is 1. The number of phosphoric ester groups is 1. The SMILES string of the molecule is N#C[C@@]1(c2nncc3c2CC(=O)NC3=O)O[C@H](COP(=O)(O)OP(=O)(O)OP(=O)(O)O)[C@@H](O)[C@H]1O. The molecule has 0 saturated carbocycles. The summed E-state index contributed by atoms with van der Waals surface area (Å²) in [6, 6.07) is 1.56. The van der Waals surface area contributed by atoms with Crippen LogP contribution >= 0.6 is 23.5 Å². The van der Waals surface area contributed by atoms with Crippen LogP contribution in [0.2, 0.25) is 0 Å². The first-order valence-corrected chi connectivity index (χ1v) is 13.4. The number of carbonyl (C=O) groups excluding carboxylic acids is 2. The van der Waals surface area contributed by atoms with Crippen LogP contribution in [0.25, 0.3) is 0 Å². The maximum Gasteiger partial charge on any atom is 0.490 e. The molecule has 6 atom stereocenters. The molecule has 3 rings (SSSR count). The molecule has 2 aliphatic rings. The van der Waals surface area contributed by atoms with Crippen LogP contribution in [-0.4, -0.2) is 76.7 Å². The highest BCUT2D eigenvalue weighted by Crippen LogP contribution is 2.66. The monoisotopic (exact) mass is 560 g/mol. The molecular formula is C13H15N4O15P3. The van der Waals surface area contributed by atoms with Crippen molar-refractivity contribution >= 4 is 35.3 Å². The van der Waals surface area contributed by atoms with Crippen molar-refractivity contribution in [3.8, 4) is 6.07 Å². The highest BCUT2D eigenvalue weighted by atomic mass is 31.3. The third kappa shape index (κ3) is 5.88. The zero-order chi connectivity index (χ0) is 26.4. The highest BCUT2D eigenvalue weighted by molar-refractivity contribution is 7.66. The van der Waals surface area contributed by atoms with E-state index in [1.165, 1.54) is 0 Å². The van der Waals surface area contributed by atoms with Crippen LogP contribution in [0.4, 0.5) is 0 Å². The number of nitrogens with one attached hydrogen (secondary N) is 1. The van der Waals surface area contributed by atoms with Crippen molar-refractivity contribution in [1.29, 1.82) is 5.26 Å². The lowest BCUT2D eigenvalue weighted by molar-refractivity contribution is -0.119. The van der Waals surface area contributed by atoms with Gasteiger partial charge in [0.2, 0.25) is 11.5 Å². The number of ether oxygens (including phenoxy) is 1. The van der Waals surface area contributed by atoms with Crippen molar-refractivity contribution in [1.82, 2.24) is 15.5 Å². The fourth-order valence-corrected chi connectivity index (χ4v) is 6.28. The van der Waals surface area contributed by atoms with Crippen molar-refractivity contribution in [3.05, 3.63) is 23.0 Å². The Balaban J connectivity index is 1.84. The molecule has 1 aromatic rings. The minimum Gasteiger partial charge on any atom is -0.387 e. The van der Waals surface area contributed by atoms with Gasteiger partial charge in [-0.15, -0.1) is 0 Å². The number of hydrogen-bond donors (Lipinski definition) is 7. The molecule has 0 bridgehead atoms. The van der Waals surface area contributed by atoms with E-state index in [0.29, 0.717) is 0 Å². The molecule has 192 valence electrons. The molecule has 0 aromatic carbocycles. The molecule has 2 aliphatic heterocycles. The number of rotatable bonds is 8. The molecule has 3 heterocycles. The van der Waals surface area contributed by atoms with Crippen LogP contribution in [0.5, 0.6) is 0 Å². The number of nitrogens with zero attached hydrogens (tertiary/aromatic N) is 3. The van der Waals surface area contributed by atoms with Crippen molar-refractivity contribution in [2.75, 3.05) is 6.61 Å². The van der Waals surface area contributed by atoms with Gasteiger partial charge in [0.15, 0.2) is 0 Å². The zero-order valence-corrected chi connectivity index (χ0v) is 19.4. The van der Waals surface area contributed by atoms with E-state index in [-0.39, 0.29) is 11.1 Å². The maximum atomic E-state index is 12.0. The molecule has 0 spiro atoms. The first-order chi connectivity index (χ1) is 16.0. The lowest BCUT2D eigenvalue weighted by atomic mass is 9.86. The van der Waals surface area contributed by atoms with E-state index in [4.69, 9.17) is 19.4 Å². The van der Waals surface area contributed by atoms with E-state index in [0.717, 1.165) is 6.20 Å². The zero-order valence-electron chi connectivity index (χ0n) is 16.8. The molecule has 1 saturated heterocycles. The van der Waals surface area contributed by atoms with Crippen LogP contribution in [0.15, 0.2) is 6.20 Å². The number of phosphoric acid groups is 3. The van der Waals surface area contributed by atoms with Gasteiger partial charge in [0.25, 0.3) is 5.91 Å². The molecule has 2 unspecified atom stereocenters. The second kappa shape index (κ2) is 9.47. The highest BCUT2D eigenvalue weighted by Gasteiger charge is 2.59. The second-order valence-electron chi connectivity index (χ2n) is 6.97. The summed E-state index contributed by atoms with van der Waals surface area (Å²) < 4.78 is 50.8. The number of aromatic nitrogens is 2. The Morgan fingerprint density at radius 2 is 1.83 bits per heavy atom. The minimum absolute atomic E-state index is 0.143. The predicted molar refractivity (Wildman–Crippen MR) is 102 cm³/mol. The number of aliphatic hydroxyl groups is 2. The van der Waals surface area contributed by atoms with Crippen LogP contribution < -0.4 is 5.32 Å². The Morgan fingerprint density at radius 3 is 2.43 bits per heavy atom. The molecule has 1 aromatic heterocycles. The number of hydrogen-bond acceptors (Lipinski definition) is 14. The van der Waals surface area contributed by atoms with E-state index in [9.17, 15) is 43.7 Å². The molecule has 2 amide bonds. The van der Waals surface area contributed by atoms with E-state index in [2.05, 4.69) is 23.3 Å². The third-order valence-corrected chi connectivity index (χ3v) is 8.39. The van der Waals surface area contributed by atoms with Crippen LogP contribution in [-0.2, 0) is 48.4 Å². The fourth-order valence-electron chi connectivity index (χ4n) is 3.25. The van der Waals surface area contributed by atoms with Crippen LogP contribution in [0, 0.1) is 11.3 Å². The number of imide groups is 1. The van der Waals surface area contributed by atoms with E-state index >= 15 is 0 Å². The second-order valence-corrected chi connectivity index (χ2v) is 11.4. The Bertz CT molecular complexity index is 1240. The molecule has 1 fully saturated rings. The van der Waals surface area contributed by atoms with E-state index in [1.807, 2.05) is 5.32 Å². The number of carbonyl (C=O) groups is 2. The van der Waals surface area contributed by atoms with Gasteiger partial charge in [0.1, 0.15) is 30.1 Å². The van der Waals surface area contributed by atoms with Crippen molar-refractivity contribution < 1.29 is 71.0 Å². The van der Waals surface area contributed by atoms with Crippen LogP contribution in [0.3, 0.4) is 0 Å². The van der Waals surface area contributed by atoms with Gasteiger partial charge >= 0.3 is 23.5 Å². The topological polar surface area (TPSA) is 305 Å². The van der Waals surface area contributed by atoms with Gasteiger partial charge in [-0.25, -0.2) is 13.7 Å². The van der Waals surface area contributed by atoms with Gasteiger partial charge < -0.3 is 34.5 Å². The molecular weight excluding hydrogens is 545 g/mol. The quantitative estimate of drug-likeness (QED) is 0.127. The van der Waals surface area contributed by atoms with Gasteiger partial charge in [-0.3, -0.25) is 19.4 Å². The Morgan fingerprint density at radius 1 is 1.17 bits per heavy atom. The van der Waals surface area contributed by atoms with Gasteiger partial charge in [-0.2, -0.15) is 24.1 Å². The number of aliphatic hydroxyl groups excluding tert-OH is 2. The van der Waals surface area contributed by atoms with E-state index in [1.54, 1.807) is 6.07 Å². The lowest BCUT2D eigenvalue weighted by Gasteiger charge is -2.27. The van der Waals surface area contributed by atoms with Crippen molar-refractivity contribution in [2.24, 2.45) is 0 Å². The summed E-state index contributed by atoms with van der Waals surface area (Å²) in [5.74, 6) is -1.65. The molecule has 7 N–H and O–H groups in total. The maximum absolute atomic E-state index is 12.0. The largest absolute Gasteiger partial charge is 0.490 e. The van der Waals surface area contributed by atoms with E-state index < -0.39 is 77.9 Å². The Labute approximate surface area is 193 Å². The first kappa shape index (κ1) is 27.6. The standard InChI is InChI=1S/C13H15N4O15P3/c14-4-13(10-5-1-8(18)16-12(21)6(5)2-15-17-10)11(20)9(19)7(30-13)3-29-34(25,26)32-35(27,28)31-33(22,23)24/h2,7,9,11,19-20H,1,3H2,(H,25,26)(H,27,28)(H,16,18,21)(H2,22,23,24)/t7-,9-,11-,13+/m1/s1. The minimum atomic E-state index is -5.82. The summed E-state index contributed by atoms with van der Waals surface area (Å²) in [5, 5.41) is 39.9. The summed E-state index contributed by atoms with van der Waals surface area (Å²) in [4.78, 5) is 59.6. The Hall–Kier alpha value is -2.00. The summed E-state index contributed by atoms with van der Waals surface area (Å²) in [6.45, 7) is -1.20. The number of fused-ring (bicyclic) bond motifs is 1. The molecule has 0 radical (unpaired) electrons. The normalized spacial score (nSPS) is 30.0. The van der Waals surface area contributed by atoms with Gasteiger partial charge in [-0.1, -0.05) is 0 Å². The summed E-state index contributed by atoms with van der Waals surface area (Å²) in [7, 11) is -17.1. The summed E-state index contributed by atoms with van der Waals surface area (Å²) in [5.41, 5.74) is -3.38. The average molecular weight is 560 g/mol. The van der Waals surface area contributed by atoms with Crippen LogP contribution in [0.1, 0.15) is 21.6 Å². The summed E-state index contributed by atoms with van der Waals surface area (Å²) >= 11 is 0. The fraction of sp³-hybridized carbons (Fsp3) is 0.462. The molecule has 19 nitrogen and oxygen atoms in total.